The lowest BCUT2D eigenvalue weighted by molar-refractivity contribution is -0.129. The number of hydrogen-bond donors (Lipinski definition) is 2. The van der Waals surface area contributed by atoms with Gasteiger partial charge in [-0.3, -0.25) is 14.7 Å². The largest absolute Gasteiger partial charge is 0.484 e. The van der Waals surface area contributed by atoms with Crippen LogP contribution in [0.3, 0.4) is 0 Å². The SMILES string of the molecule is CCCOCc1ncc(-c2ccc3ncc4nc3c2OCC(F)(F)CNC(=O)[C@@H]2C[C@H](CCN2C)N4)cn1. The van der Waals surface area contributed by atoms with Crippen molar-refractivity contribution in [1.29, 1.82) is 0 Å². The Morgan fingerprint density at radius 3 is 2.82 bits per heavy atom. The van der Waals surface area contributed by atoms with E-state index < -0.39 is 31.0 Å². The van der Waals surface area contributed by atoms with Crippen LogP contribution in [0.25, 0.3) is 22.2 Å². The number of likely N-dealkylation sites (tertiary alicyclic amines) is 1. The number of piperidine rings is 1. The summed E-state index contributed by atoms with van der Waals surface area (Å²) in [5.41, 5.74) is 1.95. The van der Waals surface area contributed by atoms with Crippen LogP contribution in [0.4, 0.5) is 14.6 Å². The number of likely N-dealkylation sites (N-methyl/N-ethyl adjacent to an activating group) is 1. The molecule has 10 nitrogen and oxygen atoms in total. The van der Waals surface area contributed by atoms with Crippen molar-refractivity contribution in [2.24, 2.45) is 0 Å². The lowest BCUT2D eigenvalue weighted by Gasteiger charge is -2.37. The highest BCUT2D eigenvalue weighted by molar-refractivity contribution is 5.90. The number of nitrogens with zero attached hydrogens (tertiary/aromatic N) is 5. The third kappa shape index (κ3) is 5.81. The van der Waals surface area contributed by atoms with Gasteiger partial charge in [0, 0.05) is 42.7 Å². The van der Waals surface area contributed by atoms with Gasteiger partial charge in [-0.2, -0.15) is 0 Å². The highest BCUT2D eigenvalue weighted by atomic mass is 19.3. The number of amides is 1. The molecular weight excluding hydrogens is 496 g/mol. The minimum absolute atomic E-state index is 0.0689. The number of hydrogen-bond acceptors (Lipinski definition) is 9. The van der Waals surface area contributed by atoms with Gasteiger partial charge in [0.05, 0.1) is 24.3 Å². The molecule has 0 aliphatic carbocycles. The number of rotatable bonds is 5. The van der Waals surface area contributed by atoms with E-state index in [2.05, 4.69) is 25.6 Å². The van der Waals surface area contributed by atoms with Gasteiger partial charge in [0.2, 0.25) is 5.91 Å². The third-order valence-electron chi connectivity index (χ3n) is 6.74. The second kappa shape index (κ2) is 11.1. The molecule has 0 spiro atoms. The zero-order chi connectivity index (χ0) is 26.7. The molecule has 0 saturated carbocycles. The van der Waals surface area contributed by atoms with Crippen molar-refractivity contribution in [3.8, 4) is 16.9 Å². The summed E-state index contributed by atoms with van der Waals surface area (Å²) in [4.78, 5) is 32.6. The van der Waals surface area contributed by atoms with Gasteiger partial charge in [-0.15, -0.1) is 0 Å². The number of carbonyl (C=O) groups is 1. The number of ether oxygens (including phenoxy) is 2. The molecule has 2 N–H and O–H groups in total. The summed E-state index contributed by atoms with van der Waals surface area (Å²) in [5, 5.41) is 5.79. The first-order chi connectivity index (χ1) is 18.3. The van der Waals surface area contributed by atoms with Crippen molar-refractivity contribution >= 4 is 22.8 Å². The molecule has 2 atom stereocenters. The Labute approximate surface area is 219 Å². The molecule has 5 rings (SSSR count). The summed E-state index contributed by atoms with van der Waals surface area (Å²) >= 11 is 0. The first-order valence-electron chi connectivity index (χ1n) is 12.8. The third-order valence-corrected chi connectivity index (χ3v) is 6.74. The number of alkyl halides is 2. The number of halogens is 2. The fraction of sp³-hybridized carbons (Fsp3) is 0.500. The molecule has 0 radical (unpaired) electrons. The summed E-state index contributed by atoms with van der Waals surface area (Å²) in [6.07, 6.45) is 6.94. The van der Waals surface area contributed by atoms with E-state index in [1.807, 2.05) is 18.9 Å². The van der Waals surface area contributed by atoms with Crippen LogP contribution in [0.1, 0.15) is 32.0 Å². The molecule has 12 heteroatoms. The Morgan fingerprint density at radius 2 is 2.03 bits per heavy atom. The van der Waals surface area contributed by atoms with Crippen LogP contribution in [0.2, 0.25) is 0 Å². The van der Waals surface area contributed by atoms with E-state index in [9.17, 15) is 13.6 Å². The molecule has 202 valence electrons. The zero-order valence-corrected chi connectivity index (χ0v) is 21.4. The van der Waals surface area contributed by atoms with Crippen molar-refractivity contribution < 1.29 is 23.0 Å². The number of fused-ring (bicyclic) bond motifs is 3. The van der Waals surface area contributed by atoms with E-state index in [0.717, 1.165) is 12.8 Å². The summed E-state index contributed by atoms with van der Waals surface area (Å²) in [5.74, 6) is -2.59. The first kappa shape index (κ1) is 26.1. The van der Waals surface area contributed by atoms with Crippen LogP contribution < -0.4 is 15.4 Å². The van der Waals surface area contributed by atoms with Crippen LogP contribution in [0.5, 0.6) is 5.75 Å². The molecule has 1 aromatic carbocycles. The van der Waals surface area contributed by atoms with E-state index in [4.69, 9.17) is 14.5 Å². The summed E-state index contributed by atoms with van der Waals surface area (Å²) in [6, 6.07) is 2.91. The molecule has 2 aliphatic heterocycles. The summed E-state index contributed by atoms with van der Waals surface area (Å²) in [7, 11) is 1.82. The first-order valence-corrected chi connectivity index (χ1v) is 12.8. The maximum Gasteiger partial charge on any atom is 0.298 e. The molecule has 1 saturated heterocycles. The smallest absolute Gasteiger partial charge is 0.298 e. The molecule has 1 amide bonds. The van der Waals surface area contributed by atoms with Gasteiger partial charge >= 0.3 is 0 Å². The van der Waals surface area contributed by atoms with Gasteiger partial charge in [-0.05, 0) is 38.4 Å². The number of benzene rings is 1. The molecule has 2 aromatic heterocycles. The highest BCUT2D eigenvalue weighted by Crippen LogP contribution is 2.36. The minimum Gasteiger partial charge on any atom is -0.484 e. The van der Waals surface area contributed by atoms with Crippen LogP contribution in [-0.2, 0) is 16.1 Å². The Bertz CT molecular complexity index is 1290. The van der Waals surface area contributed by atoms with Crippen molar-refractivity contribution in [2.45, 2.75) is 50.8 Å². The van der Waals surface area contributed by atoms with Crippen molar-refractivity contribution in [1.82, 2.24) is 30.2 Å². The van der Waals surface area contributed by atoms with Gasteiger partial charge in [0.1, 0.15) is 17.9 Å². The van der Waals surface area contributed by atoms with E-state index in [0.29, 0.717) is 53.4 Å². The van der Waals surface area contributed by atoms with E-state index >= 15 is 0 Å². The van der Waals surface area contributed by atoms with E-state index in [1.165, 1.54) is 0 Å². The predicted molar refractivity (Wildman–Crippen MR) is 137 cm³/mol. The summed E-state index contributed by atoms with van der Waals surface area (Å²) in [6.45, 7) is 1.77. The van der Waals surface area contributed by atoms with Gasteiger partial charge in [0.15, 0.2) is 18.2 Å². The Hall–Kier alpha value is -3.51. The summed E-state index contributed by atoms with van der Waals surface area (Å²) < 4.78 is 41.1. The monoisotopic (exact) mass is 527 g/mol. The van der Waals surface area contributed by atoms with Gasteiger partial charge < -0.3 is 20.1 Å². The van der Waals surface area contributed by atoms with Crippen LogP contribution in [0, 0.1) is 0 Å². The highest BCUT2D eigenvalue weighted by Gasteiger charge is 2.36. The molecule has 0 unspecified atom stereocenters. The topological polar surface area (TPSA) is 114 Å². The average Bonchev–Trinajstić information content (AvgIpc) is 2.91. The lowest BCUT2D eigenvalue weighted by Crippen LogP contribution is -2.54. The zero-order valence-electron chi connectivity index (χ0n) is 21.4. The van der Waals surface area contributed by atoms with Crippen LogP contribution >= 0.6 is 0 Å². The Morgan fingerprint density at radius 1 is 1.21 bits per heavy atom. The number of anilines is 1. The van der Waals surface area contributed by atoms with Crippen molar-refractivity contribution in [3.05, 3.63) is 36.5 Å². The average molecular weight is 528 g/mol. The maximum absolute atomic E-state index is 14.9. The van der Waals surface area contributed by atoms with Crippen LogP contribution in [0.15, 0.2) is 30.7 Å². The predicted octanol–water partition coefficient (Wildman–Crippen LogP) is 3.03. The maximum atomic E-state index is 14.9. The second-order valence-electron chi connectivity index (χ2n) is 9.73. The number of carbonyl (C=O) groups excluding carboxylic acids is 1. The van der Waals surface area contributed by atoms with Crippen molar-refractivity contribution in [3.63, 3.8) is 0 Å². The molecule has 4 bridgehead atoms. The molecular formula is C26H31F2N7O3. The van der Waals surface area contributed by atoms with Crippen LogP contribution in [-0.4, -0.2) is 82.1 Å². The standard InChI is InChI=1S/C26H31F2N7O3/c1-3-8-37-13-22-30-10-16(11-31-22)18-4-5-19-23-24(18)38-15-26(27,28)14-32-25(36)20-9-17(6-7-35(20)2)33-21(34-23)12-29-19/h4-5,10-12,17,20H,3,6-9,13-15H2,1-2H3,(H,32,36)(H,33,34)/t17-,20-/m0/s1. The molecule has 3 aromatic rings. The lowest BCUT2D eigenvalue weighted by atomic mass is 9.97. The minimum atomic E-state index is -3.31. The molecule has 38 heavy (non-hydrogen) atoms. The quantitative estimate of drug-likeness (QED) is 0.483. The molecule has 1 fully saturated rings. The fourth-order valence-electron chi connectivity index (χ4n) is 4.67. The van der Waals surface area contributed by atoms with Gasteiger partial charge in [-0.25, -0.2) is 23.7 Å². The van der Waals surface area contributed by atoms with E-state index in [-0.39, 0.29) is 18.4 Å². The fourth-order valence-corrected chi connectivity index (χ4v) is 4.67. The normalized spacial score (nSPS) is 21.8. The second-order valence-corrected chi connectivity index (χ2v) is 9.73. The number of nitrogens with one attached hydrogen (secondary N) is 2. The van der Waals surface area contributed by atoms with E-state index in [1.54, 1.807) is 30.7 Å². The molecule has 4 heterocycles. The van der Waals surface area contributed by atoms with Gasteiger partial charge in [0.25, 0.3) is 5.92 Å². The Balaban J connectivity index is 1.53. The molecule has 2 aliphatic rings. The number of aromatic nitrogens is 4. The van der Waals surface area contributed by atoms with Gasteiger partial charge in [-0.1, -0.05) is 6.92 Å². The van der Waals surface area contributed by atoms with Crippen molar-refractivity contribution in [2.75, 3.05) is 38.7 Å². The Kier molecular flexibility index (Phi) is 7.61.